The van der Waals surface area contributed by atoms with Gasteiger partial charge in [0.2, 0.25) is 0 Å². The third-order valence-corrected chi connectivity index (χ3v) is 4.51. The number of rotatable bonds is 4. The van der Waals surface area contributed by atoms with Crippen molar-refractivity contribution in [2.75, 3.05) is 5.32 Å². The van der Waals surface area contributed by atoms with Gasteiger partial charge in [-0.2, -0.15) is 0 Å². The van der Waals surface area contributed by atoms with Crippen LogP contribution in [0.3, 0.4) is 0 Å². The SMILES string of the molecule is Cc1cccnc1Nc1cnc2[nH]n(Cc3ccc4ncccc4c3)c2n1. The molecule has 0 unspecified atom stereocenters. The molecule has 7 nitrogen and oxygen atoms in total. The first kappa shape index (κ1) is 15.5. The van der Waals surface area contributed by atoms with Crippen molar-refractivity contribution in [1.29, 1.82) is 0 Å². The van der Waals surface area contributed by atoms with Gasteiger partial charge in [-0.1, -0.05) is 18.2 Å². The number of fused-ring (bicyclic) bond motifs is 2. The predicted octanol–water partition coefficient (Wildman–Crippen LogP) is 3.80. The van der Waals surface area contributed by atoms with Crippen LogP contribution in [0.5, 0.6) is 0 Å². The number of nitrogens with zero attached hydrogens (tertiary/aromatic N) is 5. The lowest BCUT2D eigenvalue weighted by atomic mass is 10.1. The molecule has 0 saturated heterocycles. The summed E-state index contributed by atoms with van der Waals surface area (Å²) in [6, 6.07) is 14.2. The zero-order valence-corrected chi connectivity index (χ0v) is 14.7. The van der Waals surface area contributed by atoms with Crippen molar-refractivity contribution in [3.8, 4) is 0 Å². The van der Waals surface area contributed by atoms with E-state index in [1.165, 1.54) is 5.56 Å². The lowest BCUT2D eigenvalue weighted by Crippen LogP contribution is -2.15. The second-order valence-electron chi connectivity index (χ2n) is 6.45. The highest BCUT2D eigenvalue weighted by Gasteiger charge is 2.11. The average molecular weight is 355 g/mol. The lowest BCUT2D eigenvalue weighted by molar-refractivity contribution is 0.666. The topological polar surface area (TPSA) is 84.3 Å². The molecule has 27 heavy (non-hydrogen) atoms. The average Bonchev–Trinajstić information content (AvgIpc) is 2.69. The van der Waals surface area contributed by atoms with Crippen molar-refractivity contribution in [2.45, 2.75) is 13.5 Å². The minimum Gasteiger partial charge on any atom is -0.323 e. The number of aromatic nitrogens is 6. The van der Waals surface area contributed by atoms with Crippen molar-refractivity contribution in [2.24, 2.45) is 0 Å². The molecular weight excluding hydrogens is 338 g/mol. The highest BCUT2D eigenvalue weighted by molar-refractivity contribution is 5.79. The smallest absolute Gasteiger partial charge is 0.194 e. The predicted molar refractivity (Wildman–Crippen MR) is 105 cm³/mol. The van der Waals surface area contributed by atoms with Crippen molar-refractivity contribution in [3.05, 3.63) is 72.2 Å². The number of H-pyrrole nitrogens is 1. The lowest BCUT2D eigenvalue weighted by Gasteiger charge is -2.16. The molecule has 0 atom stereocenters. The molecule has 0 radical (unpaired) electrons. The Bertz CT molecular complexity index is 1250. The minimum atomic E-state index is 0.671. The number of benzene rings is 1. The summed E-state index contributed by atoms with van der Waals surface area (Å²) in [5.41, 5.74) is 4.83. The van der Waals surface area contributed by atoms with Gasteiger partial charge in [0, 0.05) is 17.8 Å². The maximum Gasteiger partial charge on any atom is 0.194 e. The van der Waals surface area contributed by atoms with Gasteiger partial charge in [0.25, 0.3) is 0 Å². The molecule has 0 aliphatic rings. The van der Waals surface area contributed by atoms with Crippen molar-refractivity contribution >= 4 is 33.8 Å². The molecule has 0 spiro atoms. The fraction of sp³-hybridized carbons (Fsp3) is 0.100. The molecular formula is C20H17N7. The molecule has 0 saturated carbocycles. The molecule has 132 valence electrons. The van der Waals surface area contributed by atoms with E-state index < -0.39 is 0 Å². The first-order chi connectivity index (χ1) is 13.3. The van der Waals surface area contributed by atoms with E-state index in [2.05, 4.69) is 48.6 Å². The van der Waals surface area contributed by atoms with Crippen LogP contribution < -0.4 is 5.32 Å². The summed E-state index contributed by atoms with van der Waals surface area (Å²) >= 11 is 0. The van der Waals surface area contributed by atoms with Crippen molar-refractivity contribution < 1.29 is 0 Å². The van der Waals surface area contributed by atoms with Gasteiger partial charge < -0.3 is 5.32 Å². The Balaban J connectivity index is 1.43. The molecule has 4 heterocycles. The molecule has 4 aromatic heterocycles. The largest absolute Gasteiger partial charge is 0.323 e. The molecule has 0 bridgehead atoms. The third-order valence-electron chi connectivity index (χ3n) is 4.51. The Kier molecular flexibility index (Phi) is 3.57. The molecule has 0 aliphatic carbocycles. The second-order valence-corrected chi connectivity index (χ2v) is 6.45. The highest BCUT2D eigenvalue weighted by Crippen LogP contribution is 2.20. The Morgan fingerprint density at radius 3 is 2.85 bits per heavy atom. The van der Waals surface area contributed by atoms with Crippen molar-refractivity contribution in [3.63, 3.8) is 0 Å². The molecule has 5 rings (SSSR count). The fourth-order valence-electron chi connectivity index (χ4n) is 3.09. The molecule has 0 fully saturated rings. The number of nitrogens with one attached hydrogen (secondary N) is 2. The zero-order valence-electron chi connectivity index (χ0n) is 14.7. The quantitative estimate of drug-likeness (QED) is 0.512. The Morgan fingerprint density at radius 1 is 1.04 bits per heavy atom. The number of aryl methyl sites for hydroxylation is 1. The van der Waals surface area contributed by atoms with Crippen LogP contribution in [0.15, 0.2) is 61.1 Å². The van der Waals surface area contributed by atoms with E-state index in [4.69, 9.17) is 0 Å². The van der Waals surface area contributed by atoms with E-state index in [1.54, 1.807) is 12.4 Å². The molecule has 2 N–H and O–H groups in total. The van der Waals surface area contributed by atoms with Crippen LogP contribution in [0.25, 0.3) is 22.2 Å². The Morgan fingerprint density at radius 2 is 1.93 bits per heavy atom. The summed E-state index contributed by atoms with van der Waals surface area (Å²) < 4.78 is 1.98. The third kappa shape index (κ3) is 2.89. The minimum absolute atomic E-state index is 0.671. The van der Waals surface area contributed by atoms with Gasteiger partial charge in [-0.25, -0.2) is 15.0 Å². The number of hydrogen-bond donors (Lipinski definition) is 2. The zero-order chi connectivity index (χ0) is 18.2. The van der Waals surface area contributed by atoms with E-state index in [1.807, 2.05) is 42.1 Å². The van der Waals surface area contributed by atoms with Gasteiger partial charge in [-0.05, 0) is 42.3 Å². The van der Waals surface area contributed by atoms with E-state index >= 15 is 0 Å². The van der Waals surface area contributed by atoms with Gasteiger partial charge in [0.15, 0.2) is 17.1 Å². The van der Waals surface area contributed by atoms with Gasteiger partial charge in [0.1, 0.15) is 5.82 Å². The van der Waals surface area contributed by atoms with Crippen LogP contribution in [0.2, 0.25) is 0 Å². The summed E-state index contributed by atoms with van der Waals surface area (Å²) in [5, 5.41) is 7.59. The standard InChI is InChI=1S/C20H17N7/c1-13-4-2-9-22-18(13)24-17-11-23-19-20(25-17)27(26-19)12-14-6-7-16-15(10-14)5-3-8-21-16/h2-11H,12H2,1H3,(H,23,26)(H,22,24,25). The van der Waals surface area contributed by atoms with Crippen LogP contribution in [0.1, 0.15) is 11.1 Å². The van der Waals surface area contributed by atoms with Crippen LogP contribution in [0.4, 0.5) is 11.6 Å². The van der Waals surface area contributed by atoms with Gasteiger partial charge in [0.05, 0.1) is 18.3 Å². The van der Waals surface area contributed by atoms with E-state index in [0.29, 0.717) is 12.4 Å². The van der Waals surface area contributed by atoms with Crippen LogP contribution in [0, 0.1) is 6.92 Å². The molecule has 7 heteroatoms. The fourth-order valence-corrected chi connectivity index (χ4v) is 3.09. The summed E-state index contributed by atoms with van der Waals surface area (Å²) in [5.74, 6) is 1.46. The van der Waals surface area contributed by atoms with E-state index in [9.17, 15) is 0 Å². The number of aromatic amines is 1. The first-order valence-electron chi connectivity index (χ1n) is 8.70. The highest BCUT2D eigenvalue weighted by atomic mass is 15.4. The Hall–Kier alpha value is -3.74. The van der Waals surface area contributed by atoms with E-state index in [0.717, 1.165) is 33.6 Å². The van der Waals surface area contributed by atoms with Crippen LogP contribution in [-0.2, 0) is 6.54 Å². The van der Waals surface area contributed by atoms with Crippen LogP contribution in [-0.4, -0.2) is 29.7 Å². The monoisotopic (exact) mass is 355 g/mol. The maximum atomic E-state index is 4.67. The number of pyridine rings is 2. The normalized spacial score (nSPS) is 11.3. The summed E-state index contributed by atoms with van der Waals surface area (Å²) in [7, 11) is 0. The second kappa shape index (κ2) is 6.21. The van der Waals surface area contributed by atoms with E-state index in [-0.39, 0.29) is 0 Å². The summed E-state index contributed by atoms with van der Waals surface area (Å²) in [6.45, 7) is 2.70. The summed E-state index contributed by atoms with van der Waals surface area (Å²) in [4.78, 5) is 17.8. The number of anilines is 2. The molecule has 1 aromatic carbocycles. The maximum absolute atomic E-state index is 4.67. The molecule has 0 amide bonds. The first-order valence-corrected chi connectivity index (χ1v) is 8.70. The van der Waals surface area contributed by atoms with Gasteiger partial charge in [-0.3, -0.25) is 14.8 Å². The Labute approximate surface area is 155 Å². The number of hydrogen-bond acceptors (Lipinski definition) is 5. The van der Waals surface area contributed by atoms with Gasteiger partial charge in [-0.15, -0.1) is 0 Å². The molecule has 5 aromatic rings. The van der Waals surface area contributed by atoms with Crippen LogP contribution >= 0.6 is 0 Å². The van der Waals surface area contributed by atoms with Crippen molar-refractivity contribution in [1.82, 2.24) is 29.7 Å². The summed E-state index contributed by atoms with van der Waals surface area (Å²) in [6.07, 6.45) is 5.27. The van der Waals surface area contributed by atoms with Gasteiger partial charge >= 0.3 is 0 Å². The molecule has 0 aliphatic heterocycles.